The molecule has 0 aromatic carbocycles. The lowest BCUT2D eigenvalue weighted by molar-refractivity contribution is -0.121. The fraction of sp³-hybridized carbons (Fsp3) is 0.684. The van der Waals surface area contributed by atoms with Gasteiger partial charge in [0.05, 0.1) is 11.7 Å². The average Bonchev–Trinajstić information content (AvgIpc) is 2.68. The number of nitrogens with zero attached hydrogens (tertiary/aromatic N) is 3. The van der Waals surface area contributed by atoms with Gasteiger partial charge in [-0.3, -0.25) is 9.69 Å². The van der Waals surface area contributed by atoms with E-state index in [9.17, 15) is 4.79 Å². The Bertz CT molecular complexity index is 515. The Hall–Kier alpha value is -1.11. The molecule has 2 aliphatic rings. The van der Waals surface area contributed by atoms with Crippen LogP contribution in [0.15, 0.2) is 29.4 Å². The number of thioether (sulfide) groups is 1. The maximum absolute atomic E-state index is 12.9. The van der Waals surface area contributed by atoms with E-state index in [1.165, 1.54) is 38.5 Å². The molecular formula is C19H30N4OS. The molecule has 1 N–H and O–H groups in total. The highest BCUT2D eigenvalue weighted by Gasteiger charge is 2.25. The number of hydrogen-bond donors (Lipinski definition) is 1. The van der Waals surface area contributed by atoms with Gasteiger partial charge in [0, 0.05) is 12.7 Å². The minimum Gasteiger partial charge on any atom is -0.342 e. The van der Waals surface area contributed by atoms with E-state index in [4.69, 9.17) is 0 Å². The van der Waals surface area contributed by atoms with Gasteiger partial charge in [0.15, 0.2) is 0 Å². The molecule has 1 unspecified atom stereocenters. The lowest BCUT2D eigenvalue weighted by Gasteiger charge is -2.31. The van der Waals surface area contributed by atoms with Crippen molar-refractivity contribution in [1.29, 1.82) is 0 Å². The number of piperidine rings is 2. The SMILES string of the molecule is O=C(NCN1CCCCC1)C(CN1CCCCC1)Sc1ccccn1. The maximum Gasteiger partial charge on any atom is 0.235 e. The van der Waals surface area contributed by atoms with Gasteiger partial charge in [0.1, 0.15) is 5.25 Å². The van der Waals surface area contributed by atoms with E-state index >= 15 is 0 Å². The minimum absolute atomic E-state index is 0.0993. The van der Waals surface area contributed by atoms with Gasteiger partial charge in [-0.25, -0.2) is 4.98 Å². The van der Waals surface area contributed by atoms with Crippen LogP contribution >= 0.6 is 11.8 Å². The Morgan fingerprint density at radius 3 is 2.36 bits per heavy atom. The number of hydrogen-bond acceptors (Lipinski definition) is 5. The Balaban J connectivity index is 1.56. The lowest BCUT2D eigenvalue weighted by Crippen LogP contribution is -2.47. The predicted octanol–water partition coefficient (Wildman–Crippen LogP) is 2.59. The molecule has 2 aliphatic heterocycles. The molecule has 3 rings (SSSR count). The predicted molar refractivity (Wildman–Crippen MR) is 103 cm³/mol. The molecule has 25 heavy (non-hydrogen) atoms. The number of likely N-dealkylation sites (tertiary alicyclic amines) is 2. The van der Waals surface area contributed by atoms with Crippen LogP contribution in [-0.4, -0.2) is 65.3 Å². The van der Waals surface area contributed by atoms with Crippen LogP contribution in [-0.2, 0) is 4.79 Å². The van der Waals surface area contributed by atoms with E-state index in [1.807, 2.05) is 18.2 Å². The second kappa shape index (κ2) is 10.1. The second-order valence-electron chi connectivity index (χ2n) is 7.01. The van der Waals surface area contributed by atoms with Crippen LogP contribution in [0.3, 0.4) is 0 Å². The minimum atomic E-state index is -0.0993. The molecule has 2 fully saturated rings. The molecule has 1 amide bonds. The Kier molecular flexibility index (Phi) is 7.57. The summed E-state index contributed by atoms with van der Waals surface area (Å²) >= 11 is 1.59. The summed E-state index contributed by atoms with van der Waals surface area (Å²) in [5.74, 6) is 0.145. The smallest absolute Gasteiger partial charge is 0.235 e. The van der Waals surface area contributed by atoms with E-state index < -0.39 is 0 Å². The topological polar surface area (TPSA) is 48.5 Å². The first-order chi connectivity index (χ1) is 12.3. The maximum atomic E-state index is 12.9. The fourth-order valence-electron chi connectivity index (χ4n) is 3.53. The molecule has 1 atom stereocenters. The number of rotatable bonds is 7. The van der Waals surface area contributed by atoms with Crippen molar-refractivity contribution in [3.8, 4) is 0 Å². The summed E-state index contributed by atoms with van der Waals surface area (Å²) in [5.41, 5.74) is 0. The average molecular weight is 363 g/mol. The van der Waals surface area contributed by atoms with Gasteiger partial charge in [0.2, 0.25) is 5.91 Å². The second-order valence-corrected chi connectivity index (χ2v) is 8.24. The molecule has 0 aliphatic carbocycles. The summed E-state index contributed by atoms with van der Waals surface area (Å²) in [6, 6.07) is 5.89. The fourth-order valence-corrected chi connectivity index (χ4v) is 4.58. The number of nitrogens with one attached hydrogen (secondary N) is 1. The number of aromatic nitrogens is 1. The highest BCUT2D eigenvalue weighted by atomic mass is 32.2. The first-order valence-corrected chi connectivity index (χ1v) is 10.5. The van der Waals surface area contributed by atoms with E-state index in [0.717, 1.165) is 37.7 Å². The van der Waals surface area contributed by atoms with Crippen molar-refractivity contribution >= 4 is 17.7 Å². The molecule has 0 bridgehead atoms. The van der Waals surface area contributed by atoms with Crippen LogP contribution in [0.2, 0.25) is 0 Å². The first-order valence-electron chi connectivity index (χ1n) is 9.61. The molecule has 0 spiro atoms. The van der Waals surface area contributed by atoms with Crippen LogP contribution in [0.4, 0.5) is 0 Å². The molecular weight excluding hydrogens is 332 g/mol. The van der Waals surface area contributed by atoms with Gasteiger partial charge in [-0.2, -0.15) is 0 Å². The molecule has 138 valence electrons. The summed E-state index contributed by atoms with van der Waals surface area (Å²) in [6.45, 7) is 5.91. The third kappa shape index (κ3) is 6.28. The van der Waals surface area contributed by atoms with E-state index in [0.29, 0.717) is 6.67 Å². The lowest BCUT2D eigenvalue weighted by atomic mass is 10.1. The molecule has 3 heterocycles. The van der Waals surface area contributed by atoms with Crippen LogP contribution in [0.5, 0.6) is 0 Å². The van der Waals surface area contributed by atoms with Gasteiger partial charge >= 0.3 is 0 Å². The summed E-state index contributed by atoms with van der Waals surface area (Å²) in [6.07, 6.45) is 9.41. The van der Waals surface area contributed by atoms with Crippen molar-refractivity contribution in [2.45, 2.75) is 48.8 Å². The molecule has 0 radical (unpaired) electrons. The summed E-state index contributed by atoms with van der Waals surface area (Å²) in [5, 5.41) is 4.00. The van der Waals surface area contributed by atoms with Gasteiger partial charge in [-0.05, 0) is 64.0 Å². The summed E-state index contributed by atoms with van der Waals surface area (Å²) in [7, 11) is 0. The van der Waals surface area contributed by atoms with E-state index in [2.05, 4.69) is 20.1 Å². The zero-order chi connectivity index (χ0) is 17.3. The number of carbonyl (C=O) groups excluding carboxylic acids is 1. The number of amides is 1. The van der Waals surface area contributed by atoms with Gasteiger partial charge < -0.3 is 10.2 Å². The summed E-state index contributed by atoms with van der Waals surface area (Å²) < 4.78 is 0. The van der Waals surface area contributed by atoms with E-state index in [-0.39, 0.29) is 11.2 Å². The Morgan fingerprint density at radius 2 is 1.72 bits per heavy atom. The molecule has 1 aromatic rings. The quantitative estimate of drug-likeness (QED) is 0.756. The zero-order valence-electron chi connectivity index (χ0n) is 15.0. The Morgan fingerprint density at radius 1 is 1.04 bits per heavy atom. The largest absolute Gasteiger partial charge is 0.342 e. The van der Waals surface area contributed by atoms with Crippen molar-refractivity contribution in [3.05, 3.63) is 24.4 Å². The Labute approximate surface area is 155 Å². The van der Waals surface area contributed by atoms with E-state index in [1.54, 1.807) is 18.0 Å². The zero-order valence-corrected chi connectivity index (χ0v) is 15.8. The summed E-state index contributed by atoms with van der Waals surface area (Å²) in [4.78, 5) is 22.0. The van der Waals surface area contributed by atoms with Crippen molar-refractivity contribution in [2.75, 3.05) is 39.4 Å². The highest BCUT2D eigenvalue weighted by Crippen LogP contribution is 2.23. The van der Waals surface area contributed by atoms with Crippen molar-refractivity contribution in [1.82, 2.24) is 20.1 Å². The highest BCUT2D eigenvalue weighted by molar-refractivity contribution is 8.00. The normalized spacial score (nSPS) is 21.0. The molecule has 6 heteroatoms. The number of carbonyl (C=O) groups is 1. The molecule has 0 saturated carbocycles. The van der Waals surface area contributed by atoms with Crippen LogP contribution in [0.25, 0.3) is 0 Å². The van der Waals surface area contributed by atoms with Gasteiger partial charge in [0.25, 0.3) is 0 Å². The van der Waals surface area contributed by atoms with Crippen molar-refractivity contribution < 1.29 is 4.79 Å². The molecule has 5 nitrogen and oxygen atoms in total. The third-order valence-electron chi connectivity index (χ3n) is 4.99. The van der Waals surface area contributed by atoms with Gasteiger partial charge in [-0.1, -0.05) is 30.7 Å². The number of pyridine rings is 1. The molecule has 1 aromatic heterocycles. The molecule has 2 saturated heterocycles. The van der Waals surface area contributed by atoms with Gasteiger partial charge in [-0.15, -0.1) is 0 Å². The first kappa shape index (κ1) is 18.7. The van der Waals surface area contributed by atoms with Crippen molar-refractivity contribution in [2.24, 2.45) is 0 Å². The van der Waals surface area contributed by atoms with Crippen LogP contribution in [0, 0.1) is 0 Å². The third-order valence-corrected chi connectivity index (χ3v) is 6.12. The van der Waals surface area contributed by atoms with Crippen molar-refractivity contribution in [3.63, 3.8) is 0 Å². The monoisotopic (exact) mass is 362 g/mol. The standard InChI is InChI=1S/C19H30N4OS/c24-19(21-16-23-13-7-2-8-14-23)17(15-22-11-5-1-6-12-22)25-18-9-3-4-10-20-18/h3-4,9-10,17H,1-2,5-8,11-16H2,(H,21,24). The van der Waals surface area contributed by atoms with Crippen LogP contribution < -0.4 is 5.32 Å². The van der Waals surface area contributed by atoms with Crippen LogP contribution in [0.1, 0.15) is 38.5 Å².